The van der Waals surface area contributed by atoms with Crippen LogP contribution in [0.1, 0.15) is 16.3 Å². The van der Waals surface area contributed by atoms with Gasteiger partial charge in [-0.05, 0) is 48.9 Å². The molecule has 0 atom stereocenters. The number of nitrogens with zero attached hydrogens (tertiary/aromatic N) is 4. The number of nitrogens with one attached hydrogen (secondary N) is 1. The molecule has 0 aliphatic heterocycles. The predicted octanol–water partition coefficient (Wildman–Crippen LogP) is 4.40. The zero-order chi connectivity index (χ0) is 21.6. The number of carbonyl (C=O) groups is 1. The van der Waals surface area contributed by atoms with Crippen molar-refractivity contribution in [3.8, 4) is 11.4 Å². The Balaban J connectivity index is 1.36. The van der Waals surface area contributed by atoms with Crippen molar-refractivity contribution in [1.82, 2.24) is 19.7 Å². The highest BCUT2D eigenvalue weighted by atomic mass is 32.1. The molecule has 2 aromatic heterocycles. The van der Waals surface area contributed by atoms with Gasteiger partial charge in [0, 0.05) is 17.1 Å². The number of carbonyl (C=O) groups excluding carboxylic acids is 1. The quantitative estimate of drug-likeness (QED) is 0.435. The Morgan fingerprint density at radius 2 is 2.19 bits per heavy atom. The maximum atomic E-state index is 14.3. The van der Waals surface area contributed by atoms with E-state index in [4.69, 9.17) is 4.74 Å². The van der Waals surface area contributed by atoms with Crippen molar-refractivity contribution in [2.45, 2.75) is 13.5 Å². The van der Waals surface area contributed by atoms with Crippen LogP contribution in [-0.4, -0.2) is 25.7 Å². The fourth-order valence-corrected chi connectivity index (χ4v) is 3.40. The second-order valence-corrected chi connectivity index (χ2v) is 7.61. The van der Waals surface area contributed by atoms with E-state index >= 15 is 0 Å². The van der Waals surface area contributed by atoms with Gasteiger partial charge in [-0.15, -0.1) is 11.3 Å². The Labute approximate surface area is 181 Å². The van der Waals surface area contributed by atoms with Crippen LogP contribution in [0.3, 0.4) is 0 Å². The molecule has 0 fully saturated rings. The molecule has 4 aromatic rings. The van der Waals surface area contributed by atoms with Crippen molar-refractivity contribution in [2.75, 3.05) is 5.32 Å². The Hall–Kier alpha value is -3.85. The van der Waals surface area contributed by atoms with E-state index in [1.54, 1.807) is 23.5 Å². The summed E-state index contributed by atoms with van der Waals surface area (Å²) in [5.74, 6) is -0.219. The molecule has 31 heavy (non-hydrogen) atoms. The summed E-state index contributed by atoms with van der Waals surface area (Å²) in [6, 6.07) is 11.7. The third-order valence-corrected chi connectivity index (χ3v) is 5.04. The summed E-state index contributed by atoms with van der Waals surface area (Å²) < 4.78 is 21.4. The molecule has 0 spiro atoms. The molecule has 0 unspecified atom stereocenters. The molecule has 0 saturated carbocycles. The number of rotatable bonds is 7. The summed E-state index contributed by atoms with van der Waals surface area (Å²) >= 11 is 1.58. The lowest BCUT2D eigenvalue weighted by atomic mass is 10.2. The lowest BCUT2D eigenvalue weighted by Gasteiger charge is -2.06. The maximum absolute atomic E-state index is 14.3. The van der Waals surface area contributed by atoms with Gasteiger partial charge in [-0.2, -0.15) is 5.10 Å². The highest BCUT2D eigenvalue weighted by Crippen LogP contribution is 2.19. The van der Waals surface area contributed by atoms with E-state index in [0.717, 1.165) is 16.3 Å². The molecule has 9 heteroatoms. The average Bonchev–Trinajstić information content (AvgIpc) is 3.43. The number of hydrogen-bond donors (Lipinski definition) is 1. The normalized spacial score (nSPS) is 11.0. The molecule has 156 valence electrons. The number of anilines is 1. The van der Waals surface area contributed by atoms with Crippen LogP contribution in [0.2, 0.25) is 0 Å². The summed E-state index contributed by atoms with van der Waals surface area (Å²) in [6.45, 7) is 2.33. The summed E-state index contributed by atoms with van der Waals surface area (Å²) in [4.78, 5) is 20.4. The molecule has 0 bridgehead atoms. The van der Waals surface area contributed by atoms with Crippen LogP contribution in [0, 0.1) is 12.7 Å². The van der Waals surface area contributed by atoms with Gasteiger partial charge in [-0.1, -0.05) is 12.1 Å². The van der Waals surface area contributed by atoms with Crippen molar-refractivity contribution in [2.24, 2.45) is 0 Å². The largest absolute Gasteiger partial charge is 0.487 e. The molecule has 0 saturated heterocycles. The van der Waals surface area contributed by atoms with E-state index in [1.165, 1.54) is 35.5 Å². The average molecular weight is 435 g/mol. The van der Waals surface area contributed by atoms with Crippen LogP contribution in [0.25, 0.3) is 11.8 Å². The molecule has 7 nitrogen and oxygen atoms in total. The minimum absolute atomic E-state index is 0.246. The van der Waals surface area contributed by atoms with Gasteiger partial charge in [-0.25, -0.2) is 19.0 Å². The fraction of sp³-hybridized carbons (Fsp3) is 0.0909. The molecule has 4 rings (SSSR count). The molecule has 1 amide bonds. The molecular weight excluding hydrogens is 417 g/mol. The van der Waals surface area contributed by atoms with Crippen LogP contribution in [-0.2, 0) is 11.4 Å². The monoisotopic (exact) mass is 435 g/mol. The molecule has 2 aromatic carbocycles. The summed E-state index contributed by atoms with van der Waals surface area (Å²) in [7, 11) is 0. The number of hydrogen-bond acceptors (Lipinski definition) is 6. The van der Waals surface area contributed by atoms with Crippen molar-refractivity contribution in [3.05, 3.63) is 88.7 Å². The standard InChI is InChI=1S/C22H18FN5O2S/c1-15-26-18(12-31-15)11-30-19-4-2-3-16(9-19)5-8-22(29)27-17-6-7-21(20(23)10-17)28-14-24-13-25-28/h2-10,12-14H,11H2,1H3,(H,27,29)/b8-5+. The first-order chi connectivity index (χ1) is 15.1. The first kappa shape index (κ1) is 20.4. The molecule has 0 radical (unpaired) electrons. The topological polar surface area (TPSA) is 81.9 Å². The minimum Gasteiger partial charge on any atom is -0.487 e. The number of amides is 1. The highest BCUT2D eigenvalue weighted by Gasteiger charge is 2.07. The van der Waals surface area contributed by atoms with E-state index in [2.05, 4.69) is 20.4 Å². The van der Waals surface area contributed by atoms with Gasteiger partial charge in [0.15, 0.2) is 5.82 Å². The van der Waals surface area contributed by atoms with Crippen LogP contribution < -0.4 is 10.1 Å². The van der Waals surface area contributed by atoms with Gasteiger partial charge in [0.1, 0.15) is 30.7 Å². The number of aromatic nitrogens is 4. The van der Waals surface area contributed by atoms with Gasteiger partial charge >= 0.3 is 0 Å². The second kappa shape index (κ2) is 9.31. The van der Waals surface area contributed by atoms with Crippen molar-refractivity contribution in [1.29, 1.82) is 0 Å². The zero-order valence-electron chi connectivity index (χ0n) is 16.5. The Kier molecular flexibility index (Phi) is 6.13. The number of ether oxygens (including phenoxy) is 1. The van der Waals surface area contributed by atoms with Crippen LogP contribution in [0.15, 0.2) is 66.6 Å². The van der Waals surface area contributed by atoms with Crippen molar-refractivity contribution >= 4 is 29.0 Å². The van der Waals surface area contributed by atoms with Crippen molar-refractivity contribution < 1.29 is 13.9 Å². The van der Waals surface area contributed by atoms with E-state index in [9.17, 15) is 9.18 Å². The summed E-state index contributed by atoms with van der Waals surface area (Å²) in [6.07, 6.45) is 5.76. The van der Waals surface area contributed by atoms with E-state index < -0.39 is 5.82 Å². The van der Waals surface area contributed by atoms with Gasteiger partial charge in [-0.3, -0.25) is 4.79 Å². The smallest absolute Gasteiger partial charge is 0.248 e. The zero-order valence-corrected chi connectivity index (χ0v) is 17.3. The van der Waals surface area contributed by atoms with Gasteiger partial charge in [0.2, 0.25) is 5.91 Å². The summed E-state index contributed by atoms with van der Waals surface area (Å²) in [5.41, 5.74) is 2.27. The Morgan fingerprint density at radius 3 is 2.94 bits per heavy atom. The molecule has 2 heterocycles. The third kappa shape index (κ3) is 5.40. The van der Waals surface area contributed by atoms with E-state index in [1.807, 2.05) is 36.6 Å². The lowest BCUT2D eigenvalue weighted by molar-refractivity contribution is -0.111. The lowest BCUT2D eigenvalue weighted by Crippen LogP contribution is -2.08. The van der Waals surface area contributed by atoms with E-state index in [0.29, 0.717) is 18.0 Å². The number of halogens is 1. The maximum Gasteiger partial charge on any atom is 0.248 e. The van der Waals surface area contributed by atoms with Crippen LogP contribution in [0.5, 0.6) is 5.75 Å². The molecule has 1 N–H and O–H groups in total. The molecular formula is C22H18FN5O2S. The first-order valence-electron chi connectivity index (χ1n) is 9.34. The second-order valence-electron chi connectivity index (χ2n) is 6.55. The first-order valence-corrected chi connectivity index (χ1v) is 10.2. The highest BCUT2D eigenvalue weighted by molar-refractivity contribution is 7.09. The van der Waals surface area contributed by atoms with Gasteiger partial charge < -0.3 is 10.1 Å². The van der Waals surface area contributed by atoms with Gasteiger partial charge in [0.25, 0.3) is 0 Å². The van der Waals surface area contributed by atoms with Crippen molar-refractivity contribution in [3.63, 3.8) is 0 Å². The molecule has 0 aliphatic carbocycles. The van der Waals surface area contributed by atoms with Crippen LogP contribution in [0.4, 0.5) is 10.1 Å². The predicted molar refractivity (Wildman–Crippen MR) is 117 cm³/mol. The van der Waals surface area contributed by atoms with E-state index in [-0.39, 0.29) is 11.6 Å². The third-order valence-electron chi connectivity index (χ3n) is 4.22. The summed E-state index contributed by atoms with van der Waals surface area (Å²) in [5, 5.41) is 9.49. The number of aryl methyl sites for hydroxylation is 1. The number of thiazole rings is 1. The van der Waals surface area contributed by atoms with Gasteiger partial charge in [0.05, 0.1) is 10.7 Å². The Morgan fingerprint density at radius 1 is 1.29 bits per heavy atom. The molecule has 0 aliphatic rings. The van der Waals surface area contributed by atoms with Crippen LogP contribution >= 0.6 is 11.3 Å². The Bertz CT molecular complexity index is 1220. The fourth-order valence-electron chi connectivity index (χ4n) is 2.80. The SMILES string of the molecule is Cc1nc(COc2cccc(/C=C/C(=O)Nc3ccc(-n4cncn4)c(F)c3)c2)cs1. The minimum atomic E-state index is -0.521. The number of benzene rings is 2.